The maximum atomic E-state index is 5.36. The molecule has 1 rings (SSSR count). The van der Waals surface area contributed by atoms with Gasteiger partial charge in [-0.1, -0.05) is 41.9 Å². The second kappa shape index (κ2) is 5.00. The van der Waals surface area contributed by atoms with Gasteiger partial charge in [-0.25, -0.2) is 0 Å². The van der Waals surface area contributed by atoms with Gasteiger partial charge in [0.1, 0.15) is 0 Å². The minimum Gasteiger partial charge on any atom is -0.269 e. The zero-order valence-electron chi connectivity index (χ0n) is 5.33. The molecule has 0 atom stereocenters. The third-order valence-corrected chi connectivity index (χ3v) is 1.18. The number of halogens is 2. The van der Waals surface area contributed by atoms with E-state index in [1.807, 2.05) is 36.4 Å². The van der Waals surface area contributed by atoms with Gasteiger partial charge in [-0.15, -0.1) is 0 Å². The molecule has 0 aliphatic rings. The van der Waals surface area contributed by atoms with Crippen molar-refractivity contribution in [3.05, 3.63) is 41.4 Å². The van der Waals surface area contributed by atoms with E-state index in [4.69, 9.17) is 11.6 Å². The molecule has 0 aromatic heterocycles. The van der Waals surface area contributed by atoms with Crippen LogP contribution in [0.2, 0.25) is 0 Å². The SMILES string of the molecule is ClC=Cc1ccccc1.F. The molecule has 0 saturated carbocycles. The largest absolute Gasteiger partial charge is 0.269 e. The molecule has 1 aromatic rings. The van der Waals surface area contributed by atoms with Crippen molar-refractivity contribution in [2.75, 3.05) is 0 Å². The zero-order chi connectivity index (χ0) is 6.53. The summed E-state index contributed by atoms with van der Waals surface area (Å²) < 4.78 is 0. The standard InChI is InChI=1S/C8H7Cl.FH/c9-7-6-8-4-2-1-3-5-8;/h1-7H;1H. The van der Waals surface area contributed by atoms with Crippen LogP contribution in [0, 0.1) is 0 Å². The van der Waals surface area contributed by atoms with E-state index in [9.17, 15) is 0 Å². The van der Waals surface area contributed by atoms with Crippen LogP contribution in [0.3, 0.4) is 0 Å². The third-order valence-electron chi connectivity index (χ3n) is 1.06. The molecule has 0 N–H and O–H groups in total. The second-order valence-electron chi connectivity index (χ2n) is 1.70. The molecule has 1 aromatic carbocycles. The topological polar surface area (TPSA) is 0 Å². The molecule has 0 saturated heterocycles. The maximum absolute atomic E-state index is 5.36. The third kappa shape index (κ3) is 2.65. The monoisotopic (exact) mass is 158 g/mol. The molecule has 0 unspecified atom stereocenters. The highest BCUT2D eigenvalue weighted by molar-refractivity contribution is 6.27. The predicted molar refractivity (Wildman–Crippen MR) is 43.8 cm³/mol. The molecule has 0 amide bonds. The van der Waals surface area contributed by atoms with Crippen LogP contribution < -0.4 is 0 Å². The fourth-order valence-electron chi connectivity index (χ4n) is 0.637. The Kier molecular flexibility index (Phi) is 4.59. The van der Waals surface area contributed by atoms with Gasteiger partial charge in [-0.05, 0) is 11.6 Å². The van der Waals surface area contributed by atoms with Crippen molar-refractivity contribution in [2.24, 2.45) is 0 Å². The lowest BCUT2D eigenvalue weighted by molar-refractivity contribution is 1.11. The first-order valence-electron chi connectivity index (χ1n) is 2.75. The van der Waals surface area contributed by atoms with Crippen molar-refractivity contribution < 1.29 is 4.70 Å². The first kappa shape index (κ1) is 9.18. The number of hydrogen-bond acceptors (Lipinski definition) is 0. The Labute approximate surface area is 64.5 Å². The normalized spacial score (nSPS) is 9.30. The van der Waals surface area contributed by atoms with E-state index >= 15 is 0 Å². The summed E-state index contributed by atoms with van der Waals surface area (Å²) in [6.45, 7) is 0. The van der Waals surface area contributed by atoms with Crippen molar-refractivity contribution in [3.63, 3.8) is 0 Å². The van der Waals surface area contributed by atoms with Gasteiger partial charge >= 0.3 is 0 Å². The van der Waals surface area contributed by atoms with E-state index in [0.29, 0.717) is 0 Å². The molecule has 2 heteroatoms. The van der Waals surface area contributed by atoms with Gasteiger partial charge in [0.2, 0.25) is 0 Å². The van der Waals surface area contributed by atoms with Gasteiger partial charge in [0.25, 0.3) is 0 Å². The van der Waals surface area contributed by atoms with Crippen LogP contribution in [-0.4, -0.2) is 0 Å². The van der Waals surface area contributed by atoms with Crippen LogP contribution in [0.4, 0.5) is 4.70 Å². The van der Waals surface area contributed by atoms with Crippen molar-refractivity contribution in [3.8, 4) is 0 Å². The molecule has 0 heterocycles. The molecule has 0 aliphatic heterocycles. The van der Waals surface area contributed by atoms with Gasteiger partial charge in [-0.3, -0.25) is 4.70 Å². The van der Waals surface area contributed by atoms with E-state index in [1.54, 1.807) is 0 Å². The number of benzene rings is 1. The molecule has 0 spiro atoms. The van der Waals surface area contributed by atoms with Crippen LogP contribution in [0.15, 0.2) is 35.9 Å². The van der Waals surface area contributed by atoms with E-state index < -0.39 is 0 Å². The van der Waals surface area contributed by atoms with Crippen LogP contribution in [0.25, 0.3) is 6.08 Å². The quantitative estimate of drug-likeness (QED) is 0.590. The highest BCUT2D eigenvalue weighted by Crippen LogP contribution is 2.00. The maximum Gasteiger partial charge on any atom is 0.00484 e. The molecular weight excluding hydrogens is 151 g/mol. The molecule has 0 radical (unpaired) electrons. The van der Waals surface area contributed by atoms with Crippen LogP contribution in [0.1, 0.15) is 5.56 Å². The molecule has 0 fully saturated rings. The smallest absolute Gasteiger partial charge is 0.00484 e. The summed E-state index contributed by atoms with van der Waals surface area (Å²) >= 11 is 5.36. The van der Waals surface area contributed by atoms with Crippen molar-refractivity contribution in [1.82, 2.24) is 0 Å². The minimum atomic E-state index is 0. The minimum absolute atomic E-state index is 0. The first-order valence-corrected chi connectivity index (χ1v) is 3.19. The number of hydrogen-bond donors (Lipinski definition) is 0. The summed E-state index contributed by atoms with van der Waals surface area (Å²) in [5, 5.41) is 0. The van der Waals surface area contributed by atoms with E-state index in [0.717, 1.165) is 5.56 Å². The average molecular weight is 159 g/mol. The van der Waals surface area contributed by atoms with Crippen LogP contribution >= 0.6 is 11.6 Å². The van der Waals surface area contributed by atoms with Gasteiger partial charge in [-0.2, -0.15) is 0 Å². The molecule has 54 valence electrons. The lowest BCUT2D eigenvalue weighted by atomic mass is 10.2. The molecule has 0 nitrogen and oxygen atoms in total. The van der Waals surface area contributed by atoms with Crippen LogP contribution in [-0.2, 0) is 0 Å². The first-order chi connectivity index (χ1) is 4.43. The van der Waals surface area contributed by atoms with Crippen molar-refractivity contribution in [1.29, 1.82) is 0 Å². The average Bonchev–Trinajstić information content (AvgIpc) is 1.91. The van der Waals surface area contributed by atoms with Gasteiger partial charge < -0.3 is 0 Å². The van der Waals surface area contributed by atoms with Gasteiger partial charge in [0.15, 0.2) is 0 Å². The highest BCUT2D eigenvalue weighted by Gasteiger charge is 1.78. The Morgan fingerprint density at radius 3 is 2.20 bits per heavy atom. The summed E-state index contributed by atoms with van der Waals surface area (Å²) in [7, 11) is 0. The summed E-state index contributed by atoms with van der Waals surface area (Å²) in [4.78, 5) is 0. The molecule has 0 bridgehead atoms. The lowest BCUT2D eigenvalue weighted by Crippen LogP contribution is -1.64. The summed E-state index contributed by atoms with van der Waals surface area (Å²) in [6, 6.07) is 9.93. The van der Waals surface area contributed by atoms with Gasteiger partial charge in [0.05, 0.1) is 0 Å². The molecule has 10 heavy (non-hydrogen) atoms. The fraction of sp³-hybridized carbons (Fsp3) is 0. The number of rotatable bonds is 1. The summed E-state index contributed by atoms with van der Waals surface area (Å²) in [5.74, 6) is 0. The lowest BCUT2D eigenvalue weighted by Gasteiger charge is -1.86. The highest BCUT2D eigenvalue weighted by atomic mass is 35.5. The van der Waals surface area contributed by atoms with E-state index in [1.165, 1.54) is 5.54 Å². The van der Waals surface area contributed by atoms with Crippen LogP contribution in [0.5, 0.6) is 0 Å². The van der Waals surface area contributed by atoms with E-state index in [-0.39, 0.29) is 4.70 Å². The van der Waals surface area contributed by atoms with Crippen molar-refractivity contribution >= 4 is 17.7 Å². The molecular formula is C8H8ClF. The Balaban J connectivity index is 0.000000810. The molecule has 0 aliphatic carbocycles. The predicted octanol–water partition coefficient (Wildman–Crippen LogP) is 3.05. The second-order valence-corrected chi connectivity index (χ2v) is 1.96. The van der Waals surface area contributed by atoms with E-state index in [2.05, 4.69) is 0 Å². The zero-order valence-corrected chi connectivity index (χ0v) is 6.08. The Hall–Kier alpha value is -0.820. The Morgan fingerprint density at radius 2 is 1.70 bits per heavy atom. The van der Waals surface area contributed by atoms with Crippen molar-refractivity contribution in [2.45, 2.75) is 0 Å². The Morgan fingerprint density at radius 1 is 1.10 bits per heavy atom. The Bertz CT molecular complexity index is 194. The summed E-state index contributed by atoms with van der Waals surface area (Å²) in [6.07, 6.45) is 1.85. The van der Waals surface area contributed by atoms with Gasteiger partial charge in [0, 0.05) is 5.54 Å². The fourth-order valence-corrected chi connectivity index (χ4v) is 0.782. The summed E-state index contributed by atoms with van der Waals surface area (Å²) in [5.41, 5.74) is 2.64.